The van der Waals surface area contributed by atoms with E-state index in [0.29, 0.717) is 6.54 Å². The summed E-state index contributed by atoms with van der Waals surface area (Å²) >= 11 is 3.35. The Hall–Kier alpha value is -1.40. The zero-order valence-electron chi connectivity index (χ0n) is 11.1. The first-order valence-electron chi connectivity index (χ1n) is 6.37. The van der Waals surface area contributed by atoms with Crippen LogP contribution in [0.2, 0.25) is 0 Å². The van der Waals surface area contributed by atoms with E-state index >= 15 is 0 Å². The number of aliphatic carboxylic acids is 1. The van der Waals surface area contributed by atoms with E-state index in [9.17, 15) is 9.59 Å². The van der Waals surface area contributed by atoms with Gasteiger partial charge in [0.25, 0.3) is 0 Å². The lowest BCUT2D eigenvalue weighted by Gasteiger charge is -2.32. The van der Waals surface area contributed by atoms with Crippen molar-refractivity contribution in [2.75, 3.05) is 19.7 Å². The molecule has 1 fully saturated rings. The number of morpholine rings is 1. The molecule has 2 rings (SSSR count). The van der Waals surface area contributed by atoms with Gasteiger partial charge >= 0.3 is 5.97 Å². The van der Waals surface area contributed by atoms with E-state index in [1.165, 1.54) is 0 Å². The highest BCUT2D eigenvalue weighted by atomic mass is 79.9. The second kappa shape index (κ2) is 6.37. The van der Waals surface area contributed by atoms with Crippen LogP contribution in [0.5, 0.6) is 0 Å². The molecule has 2 unspecified atom stereocenters. The number of carbonyl (C=O) groups excluding carboxylic acids is 1. The number of benzene rings is 1. The number of carbonyl (C=O) groups is 2. The predicted octanol–water partition coefficient (Wildman–Crippen LogP) is 1.86. The lowest BCUT2D eigenvalue weighted by molar-refractivity contribution is -0.159. The van der Waals surface area contributed by atoms with E-state index in [2.05, 4.69) is 15.9 Å². The maximum absolute atomic E-state index is 12.4. The van der Waals surface area contributed by atoms with Crippen molar-refractivity contribution in [3.63, 3.8) is 0 Å². The highest BCUT2D eigenvalue weighted by Crippen LogP contribution is 2.21. The molecule has 0 spiro atoms. The van der Waals surface area contributed by atoms with Crippen molar-refractivity contribution < 1.29 is 19.4 Å². The molecule has 0 saturated carbocycles. The average Bonchev–Trinajstić information content (AvgIpc) is 2.46. The summed E-state index contributed by atoms with van der Waals surface area (Å²) in [5, 5.41) is 8.96. The molecule has 1 aliphatic rings. The van der Waals surface area contributed by atoms with Crippen molar-refractivity contribution in [3.05, 3.63) is 34.3 Å². The Morgan fingerprint density at radius 1 is 1.40 bits per heavy atom. The highest BCUT2D eigenvalue weighted by Gasteiger charge is 2.31. The molecule has 1 aliphatic heterocycles. The summed E-state index contributed by atoms with van der Waals surface area (Å²) in [6, 6.07) is 7.56. The third-order valence-electron chi connectivity index (χ3n) is 3.39. The normalized spacial score (nSPS) is 20.5. The van der Waals surface area contributed by atoms with E-state index in [4.69, 9.17) is 9.84 Å². The zero-order chi connectivity index (χ0) is 14.7. The average molecular weight is 342 g/mol. The Kier molecular flexibility index (Phi) is 4.77. The van der Waals surface area contributed by atoms with Gasteiger partial charge in [-0.25, -0.2) is 4.79 Å². The summed E-state index contributed by atoms with van der Waals surface area (Å²) < 4.78 is 6.08. The van der Waals surface area contributed by atoms with Crippen LogP contribution in [-0.2, 0) is 14.3 Å². The summed E-state index contributed by atoms with van der Waals surface area (Å²) in [6.07, 6.45) is -0.926. The number of carboxylic acids is 1. The first kappa shape index (κ1) is 15.0. The number of carboxylic acid groups (broad SMARTS) is 1. The van der Waals surface area contributed by atoms with Crippen molar-refractivity contribution in [3.8, 4) is 0 Å². The minimum absolute atomic E-state index is 0.0677. The Morgan fingerprint density at radius 2 is 2.05 bits per heavy atom. The molecule has 1 amide bonds. The fraction of sp³-hybridized carbons (Fsp3) is 0.429. The van der Waals surface area contributed by atoms with Crippen LogP contribution in [-0.4, -0.2) is 47.7 Å². The van der Waals surface area contributed by atoms with E-state index in [1.54, 1.807) is 4.90 Å². The number of amides is 1. The van der Waals surface area contributed by atoms with Crippen LogP contribution in [0.3, 0.4) is 0 Å². The molecular weight excluding hydrogens is 326 g/mol. The van der Waals surface area contributed by atoms with Crippen molar-refractivity contribution in [2.45, 2.75) is 18.9 Å². The Balaban J connectivity index is 2.06. The van der Waals surface area contributed by atoms with Gasteiger partial charge in [0, 0.05) is 11.0 Å². The second-order valence-electron chi connectivity index (χ2n) is 4.76. The molecule has 5 nitrogen and oxygen atoms in total. The molecule has 1 saturated heterocycles. The summed E-state index contributed by atoms with van der Waals surface area (Å²) in [4.78, 5) is 24.9. The van der Waals surface area contributed by atoms with Gasteiger partial charge in [-0.3, -0.25) is 4.79 Å². The van der Waals surface area contributed by atoms with Crippen molar-refractivity contribution in [2.24, 2.45) is 0 Å². The predicted molar refractivity (Wildman–Crippen MR) is 76.5 cm³/mol. The lowest BCUT2D eigenvalue weighted by atomic mass is 9.99. The highest BCUT2D eigenvalue weighted by molar-refractivity contribution is 9.10. The van der Waals surface area contributed by atoms with E-state index in [-0.39, 0.29) is 25.0 Å². The Bertz CT molecular complexity index is 502. The number of nitrogens with zero attached hydrogens (tertiary/aromatic N) is 1. The number of hydrogen-bond acceptors (Lipinski definition) is 3. The molecule has 0 bridgehead atoms. The summed E-state index contributed by atoms with van der Waals surface area (Å²) in [6.45, 7) is 2.63. The minimum atomic E-state index is -1.03. The van der Waals surface area contributed by atoms with Crippen molar-refractivity contribution in [1.82, 2.24) is 4.90 Å². The van der Waals surface area contributed by atoms with Gasteiger partial charge < -0.3 is 14.7 Å². The van der Waals surface area contributed by atoms with E-state index < -0.39 is 12.1 Å². The van der Waals surface area contributed by atoms with Crippen LogP contribution < -0.4 is 0 Å². The third-order valence-corrected chi connectivity index (χ3v) is 3.92. The smallest absolute Gasteiger partial charge is 0.334 e. The van der Waals surface area contributed by atoms with Crippen molar-refractivity contribution in [1.29, 1.82) is 0 Å². The van der Waals surface area contributed by atoms with Gasteiger partial charge in [0.15, 0.2) is 6.10 Å². The Morgan fingerprint density at radius 3 is 2.65 bits per heavy atom. The van der Waals surface area contributed by atoms with E-state index in [1.807, 2.05) is 31.2 Å². The van der Waals surface area contributed by atoms with Gasteiger partial charge in [-0.05, 0) is 24.6 Å². The molecule has 0 radical (unpaired) electrons. The van der Waals surface area contributed by atoms with Crippen LogP contribution in [0.1, 0.15) is 18.4 Å². The molecule has 1 N–H and O–H groups in total. The molecule has 20 heavy (non-hydrogen) atoms. The molecule has 2 atom stereocenters. The standard InChI is InChI=1S/C14H16BrNO4/c1-9(10-2-4-11(15)5-3-10)13(17)16-6-7-20-12(8-16)14(18)19/h2-5,9,12H,6-8H2,1H3,(H,18,19). The summed E-state index contributed by atoms with van der Waals surface area (Å²) in [5.74, 6) is -1.39. The summed E-state index contributed by atoms with van der Waals surface area (Å²) in [5.41, 5.74) is 0.913. The molecule has 1 aromatic carbocycles. The quantitative estimate of drug-likeness (QED) is 0.911. The number of halogens is 1. The first-order chi connectivity index (χ1) is 9.49. The Labute approximate surface area is 125 Å². The fourth-order valence-corrected chi connectivity index (χ4v) is 2.43. The largest absolute Gasteiger partial charge is 0.479 e. The fourth-order valence-electron chi connectivity index (χ4n) is 2.17. The summed E-state index contributed by atoms with van der Waals surface area (Å²) in [7, 11) is 0. The topological polar surface area (TPSA) is 66.8 Å². The van der Waals surface area contributed by atoms with Gasteiger partial charge in [0.1, 0.15) is 0 Å². The minimum Gasteiger partial charge on any atom is -0.479 e. The number of hydrogen-bond donors (Lipinski definition) is 1. The first-order valence-corrected chi connectivity index (χ1v) is 7.17. The molecule has 1 heterocycles. The van der Waals surface area contributed by atoms with Gasteiger partial charge in [0.2, 0.25) is 5.91 Å². The van der Waals surface area contributed by atoms with Crippen LogP contribution in [0.25, 0.3) is 0 Å². The van der Waals surface area contributed by atoms with Crippen molar-refractivity contribution >= 4 is 27.8 Å². The monoisotopic (exact) mass is 341 g/mol. The lowest BCUT2D eigenvalue weighted by Crippen LogP contribution is -2.49. The molecule has 1 aromatic rings. The van der Waals surface area contributed by atoms with Gasteiger partial charge in [-0.1, -0.05) is 28.1 Å². The van der Waals surface area contributed by atoms with Crippen LogP contribution in [0, 0.1) is 0 Å². The van der Waals surface area contributed by atoms with Crippen LogP contribution in [0.15, 0.2) is 28.7 Å². The molecule has 108 valence electrons. The maximum atomic E-state index is 12.4. The van der Waals surface area contributed by atoms with Crippen LogP contribution >= 0.6 is 15.9 Å². The molecule has 0 aliphatic carbocycles. The zero-order valence-corrected chi connectivity index (χ0v) is 12.7. The molecule has 0 aromatic heterocycles. The number of ether oxygens (including phenoxy) is 1. The SMILES string of the molecule is CC(C(=O)N1CCOC(C(=O)O)C1)c1ccc(Br)cc1. The van der Waals surface area contributed by atoms with Gasteiger partial charge in [-0.15, -0.1) is 0 Å². The van der Waals surface area contributed by atoms with Gasteiger partial charge in [-0.2, -0.15) is 0 Å². The van der Waals surface area contributed by atoms with Gasteiger partial charge in [0.05, 0.1) is 19.1 Å². The number of rotatable bonds is 3. The third kappa shape index (κ3) is 3.37. The van der Waals surface area contributed by atoms with E-state index in [0.717, 1.165) is 10.0 Å². The molecular formula is C14H16BrNO4. The second-order valence-corrected chi connectivity index (χ2v) is 5.67. The maximum Gasteiger partial charge on any atom is 0.334 e. The van der Waals surface area contributed by atoms with Crippen LogP contribution in [0.4, 0.5) is 0 Å². The molecule has 6 heteroatoms.